The highest BCUT2D eigenvalue weighted by Crippen LogP contribution is 2.19. The van der Waals surface area contributed by atoms with Crippen molar-refractivity contribution in [3.05, 3.63) is 29.8 Å². The largest absolute Gasteiger partial charge is 0.494 e. The first-order valence-electron chi connectivity index (χ1n) is 7.27. The number of aryl methyl sites for hydroxylation is 1. The zero-order valence-electron chi connectivity index (χ0n) is 12.0. The molecule has 1 atom stereocenters. The third kappa shape index (κ3) is 4.85. The molecule has 0 bridgehead atoms. The van der Waals surface area contributed by atoms with E-state index in [9.17, 15) is 4.79 Å². The van der Waals surface area contributed by atoms with Gasteiger partial charge < -0.3 is 14.7 Å². The van der Waals surface area contributed by atoms with Crippen LogP contribution in [0.5, 0.6) is 5.75 Å². The van der Waals surface area contributed by atoms with Crippen molar-refractivity contribution in [2.24, 2.45) is 5.92 Å². The zero-order valence-corrected chi connectivity index (χ0v) is 12.0. The van der Waals surface area contributed by atoms with Crippen LogP contribution in [-0.4, -0.2) is 42.2 Å². The summed E-state index contributed by atoms with van der Waals surface area (Å²) in [7, 11) is 0. The number of aliphatic carboxylic acids is 1. The summed E-state index contributed by atoms with van der Waals surface area (Å²) in [6.45, 7) is 5.68. The minimum Gasteiger partial charge on any atom is -0.494 e. The average molecular weight is 277 g/mol. The number of ether oxygens (including phenoxy) is 1. The van der Waals surface area contributed by atoms with E-state index >= 15 is 0 Å². The summed E-state index contributed by atoms with van der Waals surface area (Å²) in [6.07, 6.45) is 2.29. The Bertz CT molecular complexity index is 447. The van der Waals surface area contributed by atoms with Crippen molar-refractivity contribution in [1.82, 2.24) is 4.90 Å². The molecule has 1 saturated heterocycles. The fraction of sp³-hybridized carbons (Fsp3) is 0.562. The predicted octanol–water partition coefficient (Wildman–Crippen LogP) is 2.56. The highest BCUT2D eigenvalue weighted by molar-refractivity contribution is 5.67. The summed E-state index contributed by atoms with van der Waals surface area (Å²) in [5, 5.41) is 8.78. The quantitative estimate of drug-likeness (QED) is 0.778. The molecule has 4 heteroatoms. The lowest BCUT2D eigenvalue weighted by molar-refractivity contribution is -0.138. The molecule has 110 valence electrons. The van der Waals surface area contributed by atoms with Crippen LogP contribution in [0.15, 0.2) is 24.3 Å². The van der Waals surface area contributed by atoms with Crippen LogP contribution in [0.25, 0.3) is 0 Å². The molecule has 1 fully saturated rings. The van der Waals surface area contributed by atoms with E-state index in [4.69, 9.17) is 9.84 Å². The van der Waals surface area contributed by atoms with Crippen LogP contribution in [0.1, 0.15) is 24.8 Å². The number of carboxylic acids is 1. The Labute approximate surface area is 120 Å². The van der Waals surface area contributed by atoms with Crippen molar-refractivity contribution in [2.75, 3.05) is 26.2 Å². The molecule has 0 aliphatic carbocycles. The Morgan fingerprint density at radius 1 is 1.50 bits per heavy atom. The molecule has 0 amide bonds. The third-order valence-electron chi connectivity index (χ3n) is 3.71. The lowest BCUT2D eigenvalue weighted by Crippen LogP contribution is -2.23. The van der Waals surface area contributed by atoms with Gasteiger partial charge >= 0.3 is 5.97 Å². The topological polar surface area (TPSA) is 49.8 Å². The van der Waals surface area contributed by atoms with Gasteiger partial charge in [-0.25, -0.2) is 0 Å². The van der Waals surface area contributed by atoms with Crippen LogP contribution in [0, 0.1) is 12.8 Å². The molecule has 0 saturated carbocycles. The standard InChI is InChI=1S/C16H23NO3/c1-13-4-2-5-15(10-13)20-9-3-7-17-8-6-14(12-17)11-16(18)19/h2,4-5,10,14H,3,6-9,11-12H2,1H3,(H,18,19). The molecule has 20 heavy (non-hydrogen) atoms. The van der Waals surface area contributed by atoms with Gasteiger partial charge in [0, 0.05) is 19.5 Å². The highest BCUT2D eigenvalue weighted by atomic mass is 16.5. The van der Waals surface area contributed by atoms with E-state index in [1.54, 1.807) is 0 Å². The van der Waals surface area contributed by atoms with Crippen LogP contribution in [0.4, 0.5) is 0 Å². The van der Waals surface area contributed by atoms with Gasteiger partial charge in [-0.05, 0) is 49.9 Å². The molecule has 0 aromatic heterocycles. The highest BCUT2D eigenvalue weighted by Gasteiger charge is 2.23. The summed E-state index contributed by atoms with van der Waals surface area (Å²) < 4.78 is 5.72. The maximum Gasteiger partial charge on any atom is 0.303 e. The molecule has 1 aliphatic rings. The van der Waals surface area contributed by atoms with Gasteiger partial charge in [0.15, 0.2) is 0 Å². The second-order valence-electron chi connectivity index (χ2n) is 5.57. The van der Waals surface area contributed by atoms with Gasteiger partial charge in [0.1, 0.15) is 5.75 Å². The molecule has 0 radical (unpaired) electrons. The number of likely N-dealkylation sites (tertiary alicyclic amines) is 1. The SMILES string of the molecule is Cc1cccc(OCCCN2CCC(CC(=O)O)C2)c1. The van der Waals surface area contributed by atoms with Crippen LogP contribution in [0.2, 0.25) is 0 Å². The van der Waals surface area contributed by atoms with Gasteiger partial charge in [0.25, 0.3) is 0 Å². The predicted molar refractivity (Wildman–Crippen MR) is 78.1 cm³/mol. The molecule has 1 unspecified atom stereocenters. The minimum atomic E-state index is -0.681. The van der Waals surface area contributed by atoms with E-state index in [0.717, 1.165) is 38.2 Å². The molecule has 1 heterocycles. The maximum absolute atomic E-state index is 10.7. The number of hydrogen-bond acceptors (Lipinski definition) is 3. The third-order valence-corrected chi connectivity index (χ3v) is 3.71. The first-order valence-corrected chi connectivity index (χ1v) is 7.27. The Morgan fingerprint density at radius 2 is 2.35 bits per heavy atom. The smallest absolute Gasteiger partial charge is 0.303 e. The summed E-state index contributed by atoms with van der Waals surface area (Å²) >= 11 is 0. The summed E-state index contributed by atoms with van der Waals surface area (Å²) in [4.78, 5) is 13.0. The number of benzene rings is 1. The molecule has 4 nitrogen and oxygen atoms in total. The molecule has 0 spiro atoms. The van der Waals surface area contributed by atoms with E-state index in [0.29, 0.717) is 18.9 Å². The van der Waals surface area contributed by atoms with Crippen molar-refractivity contribution in [2.45, 2.75) is 26.2 Å². The fourth-order valence-electron chi connectivity index (χ4n) is 2.71. The Kier molecular flexibility index (Phi) is 5.41. The van der Waals surface area contributed by atoms with Gasteiger partial charge in [-0.1, -0.05) is 12.1 Å². The lowest BCUT2D eigenvalue weighted by atomic mass is 10.1. The summed E-state index contributed by atoms with van der Waals surface area (Å²) in [5.74, 6) is 0.569. The van der Waals surface area contributed by atoms with Gasteiger partial charge in [-0.2, -0.15) is 0 Å². The van der Waals surface area contributed by atoms with Crippen molar-refractivity contribution in [3.8, 4) is 5.75 Å². The normalized spacial score (nSPS) is 19.1. The Balaban J connectivity index is 1.61. The molecule has 1 aliphatic heterocycles. The van der Waals surface area contributed by atoms with E-state index in [1.165, 1.54) is 5.56 Å². The molecular weight excluding hydrogens is 254 g/mol. The first-order chi connectivity index (χ1) is 9.63. The number of carbonyl (C=O) groups is 1. The Hall–Kier alpha value is -1.55. The molecule has 1 aromatic rings. The molecule has 1 N–H and O–H groups in total. The van der Waals surface area contributed by atoms with Gasteiger partial charge in [0.05, 0.1) is 6.61 Å². The second kappa shape index (κ2) is 7.29. The van der Waals surface area contributed by atoms with Crippen LogP contribution >= 0.6 is 0 Å². The van der Waals surface area contributed by atoms with Gasteiger partial charge in [0.2, 0.25) is 0 Å². The number of hydrogen-bond donors (Lipinski definition) is 1. The zero-order chi connectivity index (χ0) is 14.4. The van der Waals surface area contributed by atoms with Crippen molar-refractivity contribution in [1.29, 1.82) is 0 Å². The number of rotatable bonds is 7. The summed E-state index contributed by atoms with van der Waals surface area (Å²) in [6, 6.07) is 8.08. The molecular formula is C16H23NO3. The maximum atomic E-state index is 10.7. The van der Waals surface area contributed by atoms with Crippen molar-refractivity contribution >= 4 is 5.97 Å². The monoisotopic (exact) mass is 277 g/mol. The van der Waals surface area contributed by atoms with Gasteiger partial charge in [-0.3, -0.25) is 4.79 Å². The van der Waals surface area contributed by atoms with Crippen molar-refractivity contribution < 1.29 is 14.6 Å². The number of carboxylic acid groups (broad SMARTS) is 1. The molecule has 1 aromatic carbocycles. The van der Waals surface area contributed by atoms with Crippen molar-refractivity contribution in [3.63, 3.8) is 0 Å². The minimum absolute atomic E-state index is 0.302. The average Bonchev–Trinajstić information content (AvgIpc) is 2.81. The van der Waals surface area contributed by atoms with Crippen LogP contribution in [0.3, 0.4) is 0 Å². The fourth-order valence-corrected chi connectivity index (χ4v) is 2.71. The number of nitrogens with zero attached hydrogens (tertiary/aromatic N) is 1. The molecule has 2 rings (SSSR count). The van der Waals surface area contributed by atoms with E-state index in [1.807, 2.05) is 18.2 Å². The lowest BCUT2D eigenvalue weighted by Gasteiger charge is -2.15. The van der Waals surface area contributed by atoms with E-state index in [2.05, 4.69) is 17.9 Å². The van der Waals surface area contributed by atoms with E-state index in [-0.39, 0.29) is 0 Å². The first kappa shape index (κ1) is 14.9. The van der Waals surface area contributed by atoms with E-state index < -0.39 is 5.97 Å². The Morgan fingerprint density at radius 3 is 3.10 bits per heavy atom. The van der Waals surface area contributed by atoms with Crippen LogP contribution in [-0.2, 0) is 4.79 Å². The van der Waals surface area contributed by atoms with Crippen LogP contribution < -0.4 is 4.74 Å². The summed E-state index contributed by atoms with van der Waals surface area (Å²) in [5.41, 5.74) is 1.21. The second-order valence-corrected chi connectivity index (χ2v) is 5.57. The van der Waals surface area contributed by atoms with Gasteiger partial charge in [-0.15, -0.1) is 0 Å².